The Balaban J connectivity index is 1.68. The van der Waals surface area contributed by atoms with Gasteiger partial charge in [-0.2, -0.15) is 0 Å². The number of anilines is 1. The second-order valence-electron chi connectivity index (χ2n) is 7.32. The second-order valence-corrected chi connectivity index (χ2v) is 7.32. The minimum atomic E-state index is -1.19. The first kappa shape index (κ1) is 17.7. The highest BCUT2D eigenvalue weighted by molar-refractivity contribution is 5.93. The van der Waals surface area contributed by atoms with Gasteiger partial charge < -0.3 is 14.6 Å². The van der Waals surface area contributed by atoms with Crippen molar-refractivity contribution in [1.82, 2.24) is 9.47 Å². The second kappa shape index (κ2) is 6.81. The Morgan fingerprint density at radius 3 is 2.44 bits per heavy atom. The van der Waals surface area contributed by atoms with E-state index < -0.39 is 11.4 Å². The number of aromatic nitrogens is 1. The van der Waals surface area contributed by atoms with Crippen LogP contribution in [0.5, 0.6) is 0 Å². The Labute approximate surface area is 156 Å². The van der Waals surface area contributed by atoms with Crippen molar-refractivity contribution in [3.63, 3.8) is 0 Å². The predicted octanol–water partition coefficient (Wildman–Crippen LogP) is 1.56. The number of carbonyl (C=O) groups excluding carboxylic acids is 1. The van der Waals surface area contributed by atoms with E-state index in [1.54, 1.807) is 0 Å². The highest BCUT2D eigenvalue weighted by Crippen LogP contribution is 2.37. The number of carboxylic acid groups (broad SMARTS) is 1. The molecule has 141 valence electrons. The molecular weight excluding hydrogens is 346 g/mol. The number of carboxylic acids is 1. The van der Waals surface area contributed by atoms with Crippen LogP contribution in [0.1, 0.15) is 29.2 Å². The van der Waals surface area contributed by atoms with Crippen LogP contribution < -0.4 is 10.3 Å². The van der Waals surface area contributed by atoms with E-state index in [0.717, 1.165) is 50.2 Å². The van der Waals surface area contributed by atoms with Gasteiger partial charge in [-0.05, 0) is 31.0 Å². The summed E-state index contributed by atoms with van der Waals surface area (Å²) in [6.45, 7) is 6.78. The third-order valence-corrected chi connectivity index (χ3v) is 5.32. The number of hydrogen-bond acceptors (Lipinski definition) is 5. The normalized spacial score (nSPS) is 18.0. The third-order valence-electron chi connectivity index (χ3n) is 5.32. The Kier molecular flexibility index (Phi) is 4.47. The summed E-state index contributed by atoms with van der Waals surface area (Å²) in [4.78, 5) is 39.6. The molecule has 2 fully saturated rings. The van der Waals surface area contributed by atoms with E-state index >= 15 is 0 Å². The zero-order chi connectivity index (χ0) is 19.1. The van der Waals surface area contributed by atoms with Crippen LogP contribution in [0.15, 0.2) is 29.2 Å². The fourth-order valence-corrected chi connectivity index (χ4v) is 3.76. The van der Waals surface area contributed by atoms with Gasteiger partial charge in [0.25, 0.3) is 0 Å². The lowest BCUT2D eigenvalue weighted by atomic mass is 10.1. The first-order chi connectivity index (χ1) is 12.9. The van der Waals surface area contributed by atoms with Crippen molar-refractivity contribution in [2.45, 2.75) is 18.9 Å². The first-order valence-electron chi connectivity index (χ1n) is 9.18. The van der Waals surface area contributed by atoms with Crippen LogP contribution in [-0.2, 0) is 4.79 Å². The van der Waals surface area contributed by atoms with Gasteiger partial charge in [-0.25, -0.2) is 4.79 Å². The molecule has 27 heavy (non-hydrogen) atoms. The molecule has 1 N–H and O–H groups in total. The van der Waals surface area contributed by atoms with Crippen molar-refractivity contribution in [3.05, 3.63) is 47.1 Å². The van der Waals surface area contributed by atoms with Crippen molar-refractivity contribution in [2.24, 2.45) is 0 Å². The van der Waals surface area contributed by atoms with Crippen molar-refractivity contribution in [2.75, 3.05) is 37.6 Å². The number of benzene rings is 1. The maximum Gasteiger partial charge on any atom is 0.341 e. The van der Waals surface area contributed by atoms with Crippen molar-refractivity contribution in [3.8, 4) is 0 Å². The van der Waals surface area contributed by atoms with E-state index in [-0.39, 0.29) is 17.4 Å². The number of rotatable bonds is 5. The molecule has 4 rings (SSSR count). The average Bonchev–Trinajstić information content (AvgIpc) is 3.47. The number of pyridine rings is 1. The van der Waals surface area contributed by atoms with Crippen LogP contribution in [0.3, 0.4) is 0 Å². The highest BCUT2D eigenvalue weighted by atomic mass is 16.4. The summed E-state index contributed by atoms with van der Waals surface area (Å²) in [5, 5.41) is 9.86. The topological polar surface area (TPSA) is 82.8 Å². The maximum absolute atomic E-state index is 12.7. The summed E-state index contributed by atoms with van der Waals surface area (Å²) in [7, 11) is 0. The van der Waals surface area contributed by atoms with Gasteiger partial charge in [0.2, 0.25) is 5.43 Å². The quantitative estimate of drug-likeness (QED) is 0.862. The lowest BCUT2D eigenvalue weighted by molar-refractivity contribution is -0.116. The fraction of sp³-hybridized carbons (Fsp3) is 0.400. The summed E-state index contributed by atoms with van der Waals surface area (Å²) in [5.41, 5.74) is 1.09. The molecule has 1 saturated heterocycles. The number of piperazine rings is 1. The number of nitrogens with zero attached hydrogens (tertiary/aromatic N) is 3. The summed E-state index contributed by atoms with van der Waals surface area (Å²) in [6.07, 6.45) is 3.50. The number of Topliss-reactive ketones (excluding diaryl/α,β-unsaturated/α-hetero) is 1. The van der Waals surface area contributed by atoms with E-state index in [9.17, 15) is 19.5 Å². The van der Waals surface area contributed by atoms with Gasteiger partial charge in [0.1, 0.15) is 11.3 Å². The average molecular weight is 368 g/mol. The van der Waals surface area contributed by atoms with Gasteiger partial charge in [0, 0.05) is 56.4 Å². The van der Waals surface area contributed by atoms with Crippen molar-refractivity contribution >= 4 is 28.3 Å². The van der Waals surface area contributed by atoms with Crippen LogP contribution >= 0.6 is 0 Å². The van der Waals surface area contributed by atoms with Crippen LogP contribution in [-0.4, -0.2) is 59.0 Å². The molecule has 1 aliphatic carbocycles. The lowest BCUT2D eigenvalue weighted by Gasteiger charge is -2.35. The fourth-order valence-electron chi connectivity index (χ4n) is 3.76. The smallest absolute Gasteiger partial charge is 0.341 e. The molecule has 1 radical (unpaired) electrons. The molecule has 1 aromatic carbocycles. The molecule has 2 aromatic rings. The molecule has 0 amide bonds. The summed E-state index contributed by atoms with van der Waals surface area (Å²) < 4.78 is 1.93. The number of ketones is 1. The molecule has 0 bridgehead atoms. The summed E-state index contributed by atoms with van der Waals surface area (Å²) in [5.74, 6) is -1.27. The molecule has 1 aliphatic heterocycles. The molecule has 0 atom stereocenters. The number of hydrogen-bond donors (Lipinski definition) is 1. The van der Waals surface area contributed by atoms with Crippen LogP contribution in [0.25, 0.3) is 10.9 Å². The van der Waals surface area contributed by atoms with Gasteiger partial charge in [0.15, 0.2) is 0 Å². The summed E-state index contributed by atoms with van der Waals surface area (Å²) in [6, 6.07) is 6.00. The monoisotopic (exact) mass is 368 g/mol. The molecule has 7 nitrogen and oxygen atoms in total. The largest absolute Gasteiger partial charge is 0.477 e. The molecular formula is C20H22N3O4. The van der Waals surface area contributed by atoms with Crippen molar-refractivity contribution < 1.29 is 14.7 Å². The minimum absolute atomic E-state index is 0.0871. The van der Waals surface area contributed by atoms with Gasteiger partial charge in [-0.15, -0.1) is 0 Å². The molecule has 2 heterocycles. The van der Waals surface area contributed by atoms with Crippen LogP contribution in [0.4, 0.5) is 5.69 Å². The number of fused-ring (bicyclic) bond motifs is 1. The molecule has 2 aliphatic rings. The standard InChI is InChI=1S/C20H22N3O4/c1-13(24)11-21-6-8-22(9-7-21)15-4-5-18-16(10-15)19(25)17(20(26)27)12-23(18)14-2-3-14/h4-5,10,12,14H,1-3,6-9,11H2,(H,26,27). The van der Waals surface area contributed by atoms with E-state index in [4.69, 9.17) is 0 Å². The van der Waals surface area contributed by atoms with Gasteiger partial charge >= 0.3 is 5.97 Å². The van der Waals surface area contributed by atoms with Gasteiger partial charge in [-0.1, -0.05) is 0 Å². The molecule has 0 spiro atoms. The predicted molar refractivity (Wildman–Crippen MR) is 102 cm³/mol. The Morgan fingerprint density at radius 1 is 1.15 bits per heavy atom. The van der Waals surface area contributed by atoms with E-state index in [2.05, 4.69) is 16.7 Å². The Bertz CT molecular complexity index is 969. The third kappa shape index (κ3) is 3.47. The van der Waals surface area contributed by atoms with E-state index in [1.165, 1.54) is 6.20 Å². The zero-order valence-electron chi connectivity index (χ0n) is 15.1. The first-order valence-corrected chi connectivity index (χ1v) is 9.18. The van der Waals surface area contributed by atoms with E-state index in [1.807, 2.05) is 22.8 Å². The summed E-state index contributed by atoms with van der Waals surface area (Å²) >= 11 is 0. The number of aromatic carboxylic acids is 1. The molecule has 1 saturated carbocycles. The lowest BCUT2D eigenvalue weighted by Crippen LogP contribution is -2.47. The van der Waals surface area contributed by atoms with Crippen molar-refractivity contribution in [1.29, 1.82) is 0 Å². The SMILES string of the molecule is [CH2]C(=O)CN1CCN(c2ccc3c(c2)c(=O)c(C(=O)O)cn3C2CC2)CC1. The maximum atomic E-state index is 12.7. The van der Waals surface area contributed by atoms with E-state index in [0.29, 0.717) is 11.9 Å². The molecule has 1 aromatic heterocycles. The zero-order valence-corrected chi connectivity index (χ0v) is 15.1. The van der Waals surface area contributed by atoms with Gasteiger partial charge in [0.05, 0.1) is 12.1 Å². The Morgan fingerprint density at radius 2 is 1.85 bits per heavy atom. The van der Waals surface area contributed by atoms with Crippen LogP contribution in [0.2, 0.25) is 0 Å². The molecule has 7 heteroatoms. The van der Waals surface area contributed by atoms with Gasteiger partial charge in [-0.3, -0.25) is 14.5 Å². The highest BCUT2D eigenvalue weighted by Gasteiger charge is 2.27. The minimum Gasteiger partial charge on any atom is -0.477 e. The molecule has 0 unspecified atom stereocenters. The Hall–Kier alpha value is -2.67. The van der Waals surface area contributed by atoms with Crippen LogP contribution in [0, 0.1) is 6.92 Å². The number of carbonyl (C=O) groups is 2.